The van der Waals surface area contributed by atoms with Crippen LogP contribution in [0.5, 0.6) is 0 Å². The van der Waals surface area contributed by atoms with E-state index in [0.717, 1.165) is 32.1 Å². The molecular formula is C14H22N4O3. The van der Waals surface area contributed by atoms with Crippen LogP contribution >= 0.6 is 0 Å². The molecule has 0 atom stereocenters. The summed E-state index contributed by atoms with van der Waals surface area (Å²) < 4.78 is 0. The first-order chi connectivity index (χ1) is 9.92. The maximum atomic E-state index is 10.8. The molecule has 1 aromatic rings. The second-order valence-corrected chi connectivity index (χ2v) is 5.82. The molecule has 0 radical (unpaired) electrons. The van der Waals surface area contributed by atoms with Crippen LogP contribution in [0.1, 0.15) is 39.0 Å². The van der Waals surface area contributed by atoms with Crippen molar-refractivity contribution in [1.82, 2.24) is 4.98 Å². The monoisotopic (exact) mass is 294 g/mol. The van der Waals surface area contributed by atoms with Crippen LogP contribution in [0, 0.1) is 16.0 Å². The predicted molar refractivity (Wildman–Crippen MR) is 81.0 cm³/mol. The molecule has 2 rings (SSSR count). The first kappa shape index (κ1) is 15.5. The number of rotatable bonds is 5. The fourth-order valence-electron chi connectivity index (χ4n) is 2.79. The van der Waals surface area contributed by atoms with E-state index >= 15 is 0 Å². The van der Waals surface area contributed by atoms with Gasteiger partial charge in [0.1, 0.15) is 11.6 Å². The topological polar surface area (TPSA) is 114 Å². The van der Waals surface area contributed by atoms with Crippen molar-refractivity contribution in [2.45, 2.75) is 44.6 Å². The van der Waals surface area contributed by atoms with Gasteiger partial charge in [0.25, 0.3) is 5.69 Å². The minimum atomic E-state index is -0.771. The average Bonchev–Trinajstić information content (AvgIpc) is 2.45. The summed E-state index contributed by atoms with van der Waals surface area (Å²) in [5.74, 6) is 1.11. The smallest absolute Gasteiger partial charge is 0.276 e. The quantitative estimate of drug-likeness (QED) is 0.567. The zero-order chi connectivity index (χ0) is 15.5. The third-order valence-corrected chi connectivity index (χ3v) is 4.25. The molecule has 21 heavy (non-hydrogen) atoms. The van der Waals surface area contributed by atoms with Gasteiger partial charge in [0, 0.05) is 6.54 Å². The maximum Gasteiger partial charge on any atom is 0.276 e. The number of nitrogens with zero attached hydrogens (tertiary/aromatic N) is 2. The average molecular weight is 294 g/mol. The SMILES string of the molecule is CCC1CCC(O)(CNc2cc([N+](=O)[O-])cc(N)n2)CC1. The van der Waals surface area contributed by atoms with Crippen LogP contribution in [-0.2, 0) is 0 Å². The summed E-state index contributed by atoms with van der Waals surface area (Å²) in [6.45, 7) is 2.50. The van der Waals surface area contributed by atoms with Crippen LogP contribution in [-0.4, -0.2) is 27.2 Å². The lowest BCUT2D eigenvalue weighted by molar-refractivity contribution is -0.384. The van der Waals surface area contributed by atoms with Crippen LogP contribution in [0.4, 0.5) is 17.3 Å². The predicted octanol–water partition coefficient (Wildman–Crippen LogP) is 2.32. The van der Waals surface area contributed by atoms with Gasteiger partial charge < -0.3 is 16.2 Å². The van der Waals surface area contributed by atoms with E-state index in [2.05, 4.69) is 17.2 Å². The molecule has 4 N–H and O–H groups in total. The van der Waals surface area contributed by atoms with Gasteiger partial charge in [-0.05, 0) is 31.6 Å². The van der Waals surface area contributed by atoms with Crippen molar-refractivity contribution in [3.8, 4) is 0 Å². The fourth-order valence-corrected chi connectivity index (χ4v) is 2.79. The number of aliphatic hydroxyl groups is 1. The fraction of sp³-hybridized carbons (Fsp3) is 0.643. The lowest BCUT2D eigenvalue weighted by Gasteiger charge is -2.36. The van der Waals surface area contributed by atoms with Gasteiger partial charge in [-0.3, -0.25) is 10.1 Å². The van der Waals surface area contributed by atoms with E-state index in [4.69, 9.17) is 5.73 Å². The van der Waals surface area contributed by atoms with Gasteiger partial charge in [0.2, 0.25) is 0 Å². The minimum absolute atomic E-state index is 0.0911. The molecule has 1 heterocycles. The molecule has 0 amide bonds. The highest BCUT2D eigenvalue weighted by Crippen LogP contribution is 2.33. The van der Waals surface area contributed by atoms with Gasteiger partial charge in [-0.15, -0.1) is 0 Å². The largest absolute Gasteiger partial charge is 0.388 e. The third kappa shape index (κ3) is 4.04. The standard InChI is InChI=1S/C14H22N4O3/c1-2-10-3-5-14(19,6-4-10)9-16-13-8-11(18(20)21)7-12(15)17-13/h7-8,10,19H,2-6,9H2,1H3,(H3,15,16,17). The molecule has 0 bridgehead atoms. The zero-order valence-corrected chi connectivity index (χ0v) is 12.2. The second kappa shape index (κ2) is 6.26. The first-order valence-electron chi connectivity index (χ1n) is 7.30. The Morgan fingerprint density at radius 3 is 2.76 bits per heavy atom. The molecule has 1 aromatic heterocycles. The Morgan fingerprint density at radius 2 is 2.19 bits per heavy atom. The Balaban J connectivity index is 1.98. The number of nitrogens with two attached hydrogens (primary N) is 1. The van der Waals surface area contributed by atoms with Crippen molar-refractivity contribution in [1.29, 1.82) is 0 Å². The van der Waals surface area contributed by atoms with Gasteiger partial charge in [0.15, 0.2) is 0 Å². The minimum Gasteiger partial charge on any atom is -0.388 e. The van der Waals surface area contributed by atoms with E-state index in [1.807, 2.05) is 0 Å². The molecule has 7 heteroatoms. The summed E-state index contributed by atoms with van der Waals surface area (Å²) in [7, 11) is 0. The Kier molecular flexibility index (Phi) is 4.62. The molecule has 1 aliphatic carbocycles. The van der Waals surface area contributed by atoms with E-state index in [-0.39, 0.29) is 11.5 Å². The Morgan fingerprint density at radius 1 is 1.52 bits per heavy atom. The molecule has 0 aromatic carbocycles. The van der Waals surface area contributed by atoms with Gasteiger partial charge >= 0.3 is 0 Å². The third-order valence-electron chi connectivity index (χ3n) is 4.25. The van der Waals surface area contributed by atoms with Crippen molar-refractivity contribution in [2.75, 3.05) is 17.6 Å². The van der Waals surface area contributed by atoms with E-state index < -0.39 is 10.5 Å². The number of nitrogens with one attached hydrogen (secondary N) is 1. The van der Waals surface area contributed by atoms with E-state index in [9.17, 15) is 15.2 Å². The molecule has 116 valence electrons. The Labute approximate surface area is 123 Å². The van der Waals surface area contributed by atoms with Crippen molar-refractivity contribution in [3.05, 3.63) is 22.2 Å². The number of pyridine rings is 1. The second-order valence-electron chi connectivity index (χ2n) is 5.82. The van der Waals surface area contributed by atoms with Crippen molar-refractivity contribution >= 4 is 17.3 Å². The summed E-state index contributed by atoms with van der Waals surface area (Å²) >= 11 is 0. The van der Waals surface area contributed by atoms with Crippen LogP contribution in [0.15, 0.2) is 12.1 Å². The van der Waals surface area contributed by atoms with E-state index in [1.54, 1.807) is 0 Å². The Bertz CT molecular complexity index is 513. The molecule has 1 aliphatic rings. The van der Waals surface area contributed by atoms with Gasteiger partial charge in [-0.25, -0.2) is 4.98 Å². The van der Waals surface area contributed by atoms with E-state index in [0.29, 0.717) is 18.3 Å². The van der Waals surface area contributed by atoms with E-state index in [1.165, 1.54) is 12.1 Å². The molecule has 7 nitrogen and oxygen atoms in total. The molecular weight excluding hydrogens is 272 g/mol. The number of hydrogen-bond acceptors (Lipinski definition) is 6. The highest BCUT2D eigenvalue weighted by molar-refractivity contribution is 5.52. The number of hydrogen-bond donors (Lipinski definition) is 3. The normalized spacial score (nSPS) is 25.5. The van der Waals surface area contributed by atoms with Gasteiger partial charge in [-0.2, -0.15) is 0 Å². The summed E-state index contributed by atoms with van der Waals surface area (Å²) in [5, 5.41) is 24.3. The highest BCUT2D eigenvalue weighted by Gasteiger charge is 2.32. The number of nitrogen functional groups attached to an aromatic ring is 1. The van der Waals surface area contributed by atoms with Crippen LogP contribution in [0.25, 0.3) is 0 Å². The zero-order valence-electron chi connectivity index (χ0n) is 12.2. The number of aromatic nitrogens is 1. The number of anilines is 2. The lowest BCUT2D eigenvalue weighted by Crippen LogP contribution is -2.40. The molecule has 0 unspecified atom stereocenters. The maximum absolute atomic E-state index is 10.8. The first-order valence-corrected chi connectivity index (χ1v) is 7.30. The van der Waals surface area contributed by atoms with Gasteiger partial charge in [-0.1, -0.05) is 13.3 Å². The van der Waals surface area contributed by atoms with Crippen molar-refractivity contribution < 1.29 is 10.0 Å². The van der Waals surface area contributed by atoms with Crippen LogP contribution < -0.4 is 11.1 Å². The van der Waals surface area contributed by atoms with Crippen LogP contribution in [0.2, 0.25) is 0 Å². The Hall–Kier alpha value is -1.89. The summed E-state index contributed by atoms with van der Waals surface area (Å²) in [6, 6.07) is 2.55. The highest BCUT2D eigenvalue weighted by atomic mass is 16.6. The molecule has 1 saturated carbocycles. The summed E-state index contributed by atoms with van der Waals surface area (Å²) in [5.41, 5.74) is 4.68. The summed E-state index contributed by atoms with van der Waals surface area (Å²) in [4.78, 5) is 14.3. The van der Waals surface area contributed by atoms with Crippen LogP contribution in [0.3, 0.4) is 0 Å². The molecule has 1 fully saturated rings. The number of nitro groups is 1. The van der Waals surface area contributed by atoms with Crippen molar-refractivity contribution in [3.63, 3.8) is 0 Å². The molecule has 0 aliphatic heterocycles. The van der Waals surface area contributed by atoms with Crippen molar-refractivity contribution in [2.24, 2.45) is 5.92 Å². The summed E-state index contributed by atoms with van der Waals surface area (Å²) in [6.07, 6.45) is 4.65. The molecule has 0 spiro atoms. The lowest BCUT2D eigenvalue weighted by atomic mass is 9.78. The molecule has 0 saturated heterocycles. The van der Waals surface area contributed by atoms with Gasteiger partial charge in [0.05, 0.1) is 22.7 Å².